The van der Waals surface area contributed by atoms with Gasteiger partial charge in [0.2, 0.25) is 0 Å². The van der Waals surface area contributed by atoms with E-state index >= 15 is 0 Å². The van der Waals surface area contributed by atoms with E-state index in [1.807, 2.05) is 0 Å². The van der Waals surface area contributed by atoms with Crippen molar-refractivity contribution >= 4 is 43.1 Å². The van der Waals surface area contributed by atoms with Gasteiger partial charge in [0, 0.05) is 20.9 Å². The van der Waals surface area contributed by atoms with Crippen LogP contribution in [0.3, 0.4) is 0 Å². The molecule has 18 heavy (non-hydrogen) atoms. The molecule has 0 aliphatic carbocycles. The predicted octanol–water partition coefficient (Wildman–Crippen LogP) is 2.20. The number of aliphatic hydroxyl groups is 1. The van der Waals surface area contributed by atoms with Crippen molar-refractivity contribution in [2.75, 3.05) is 4.72 Å². The summed E-state index contributed by atoms with van der Waals surface area (Å²) in [5.41, 5.74) is 0. The van der Waals surface area contributed by atoms with Crippen LogP contribution in [0.15, 0.2) is 39.1 Å². The number of nitrogens with one attached hydrogen (secondary N) is 1. The fourth-order valence-corrected chi connectivity index (χ4v) is 3.59. The average Bonchev–Trinajstić information content (AvgIpc) is 2.81. The number of hydrogen-bond acceptors (Lipinski definition) is 5. The van der Waals surface area contributed by atoms with Gasteiger partial charge in [0.15, 0.2) is 0 Å². The van der Waals surface area contributed by atoms with E-state index < -0.39 is 10.0 Å². The molecule has 0 aromatic carbocycles. The molecule has 96 valence electrons. The predicted molar refractivity (Wildman–Crippen MR) is 73.0 cm³/mol. The highest BCUT2D eigenvalue weighted by Gasteiger charge is 2.16. The van der Waals surface area contributed by atoms with Crippen molar-refractivity contribution in [3.8, 4) is 0 Å². The first kappa shape index (κ1) is 13.5. The van der Waals surface area contributed by atoms with Crippen LogP contribution in [0.1, 0.15) is 4.88 Å². The van der Waals surface area contributed by atoms with Crippen LogP contribution in [0.25, 0.3) is 0 Å². The molecule has 0 aliphatic rings. The van der Waals surface area contributed by atoms with E-state index in [0.717, 1.165) is 4.47 Å². The summed E-state index contributed by atoms with van der Waals surface area (Å²) < 4.78 is 27.1. The van der Waals surface area contributed by atoms with Crippen molar-refractivity contribution in [2.45, 2.75) is 11.5 Å². The van der Waals surface area contributed by atoms with Crippen LogP contribution in [0.5, 0.6) is 0 Å². The Labute approximate surface area is 117 Å². The Hall–Kier alpha value is -0.960. The van der Waals surface area contributed by atoms with Crippen LogP contribution in [0, 0.1) is 0 Å². The van der Waals surface area contributed by atoms with Crippen LogP contribution < -0.4 is 4.72 Å². The molecule has 0 atom stereocenters. The Bertz CT molecular complexity index is 637. The topological polar surface area (TPSA) is 79.3 Å². The Kier molecular flexibility index (Phi) is 4.00. The molecule has 0 amide bonds. The average molecular weight is 349 g/mol. The lowest BCUT2D eigenvalue weighted by molar-refractivity contribution is 0.285. The fraction of sp³-hybridized carbons (Fsp3) is 0.100. The van der Waals surface area contributed by atoms with Crippen LogP contribution >= 0.6 is 27.3 Å². The maximum absolute atomic E-state index is 12.0. The zero-order chi connectivity index (χ0) is 13.2. The first-order chi connectivity index (χ1) is 8.51. The summed E-state index contributed by atoms with van der Waals surface area (Å²) in [6.07, 6.45) is 1.50. The van der Waals surface area contributed by atoms with E-state index in [-0.39, 0.29) is 17.3 Å². The van der Waals surface area contributed by atoms with Gasteiger partial charge in [-0.15, -0.1) is 11.3 Å². The van der Waals surface area contributed by atoms with E-state index in [4.69, 9.17) is 5.11 Å². The number of anilines is 1. The number of aromatic nitrogens is 1. The summed E-state index contributed by atoms with van der Waals surface area (Å²) in [5, 5.41) is 10.4. The summed E-state index contributed by atoms with van der Waals surface area (Å²) in [6, 6.07) is 4.68. The zero-order valence-corrected chi connectivity index (χ0v) is 12.2. The third kappa shape index (κ3) is 3.08. The van der Waals surface area contributed by atoms with E-state index in [2.05, 4.69) is 25.6 Å². The van der Waals surface area contributed by atoms with Crippen LogP contribution in [-0.4, -0.2) is 18.5 Å². The molecule has 2 aromatic rings. The molecule has 2 heterocycles. The van der Waals surface area contributed by atoms with Crippen molar-refractivity contribution < 1.29 is 13.5 Å². The summed E-state index contributed by atoms with van der Waals surface area (Å²) in [5.74, 6) is 0.245. The number of thiophene rings is 1. The highest BCUT2D eigenvalue weighted by atomic mass is 79.9. The zero-order valence-electron chi connectivity index (χ0n) is 9.00. The van der Waals surface area contributed by atoms with Crippen LogP contribution in [-0.2, 0) is 16.6 Å². The second-order valence-electron chi connectivity index (χ2n) is 3.37. The standard InChI is InChI=1S/C10H9BrN2O3S2/c11-7-1-2-10(12-4-7)13-18(15,16)9-3-8(5-14)17-6-9/h1-4,6,14H,5H2,(H,12,13). The third-order valence-electron chi connectivity index (χ3n) is 2.06. The second-order valence-corrected chi connectivity index (χ2v) is 6.97. The van der Waals surface area contributed by atoms with Crippen molar-refractivity contribution in [1.82, 2.24) is 4.98 Å². The molecule has 8 heteroatoms. The molecule has 2 aromatic heterocycles. The molecule has 0 aliphatic heterocycles. The number of rotatable bonds is 4. The lowest BCUT2D eigenvalue weighted by atomic mass is 10.5. The molecule has 0 radical (unpaired) electrons. The van der Waals surface area contributed by atoms with Crippen molar-refractivity contribution in [3.05, 3.63) is 39.1 Å². The van der Waals surface area contributed by atoms with Gasteiger partial charge in [-0.2, -0.15) is 0 Å². The lowest BCUT2D eigenvalue weighted by Crippen LogP contribution is -2.12. The summed E-state index contributed by atoms with van der Waals surface area (Å²) in [7, 11) is -3.64. The molecule has 2 rings (SSSR count). The van der Waals surface area contributed by atoms with Gasteiger partial charge in [-0.3, -0.25) is 4.72 Å². The molecular formula is C10H9BrN2O3S2. The van der Waals surface area contributed by atoms with E-state index in [0.29, 0.717) is 4.88 Å². The van der Waals surface area contributed by atoms with Gasteiger partial charge >= 0.3 is 0 Å². The third-order valence-corrected chi connectivity index (χ3v) is 4.94. The Balaban J connectivity index is 2.24. The van der Waals surface area contributed by atoms with Crippen LogP contribution in [0.4, 0.5) is 5.82 Å². The van der Waals surface area contributed by atoms with Gasteiger partial charge in [0.05, 0.1) is 11.5 Å². The Morgan fingerprint density at radius 3 is 2.78 bits per heavy atom. The Morgan fingerprint density at radius 1 is 1.44 bits per heavy atom. The van der Waals surface area contributed by atoms with Crippen molar-refractivity contribution in [1.29, 1.82) is 0 Å². The largest absolute Gasteiger partial charge is 0.391 e. The second kappa shape index (κ2) is 5.35. The fourth-order valence-electron chi connectivity index (χ4n) is 1.22. The molecule has 0 saturated carbocycles. The highest BCUT2D eigenvalue weighted by Crippen LogP contribution is 2.21. The molecule has 0 unspecified atom stereocenters. The maximum Gasteiger partial charge on any atom is 0.263 e. The van der Waals surface area contributed by atoms with E-state index in [9.17, 15) is 8.42 Å². The molecule has 5 nitrogen and oxygen atoms in total. The molecule has 0 bridgehead atoms. The first-order valence-electron chi connectivity index (χ1n) is 4.84. The normalized spacial score (nSPS) is 11.4. The number of pyridine rings is 1. The minimum Gasteiger partial charge on any atom is -0.391 e. The molecule has 0 fully saturated rings. The summed E-state index contributed by atoms with van der Waals surface area (Å²) in [6.45, 7) is -0.170. The van der Waals surface area contributed by atoms with Gasteiger partial charge < -0.3 is 5.11 Å². The summed E-state index contributed by atoms with van der Waals surface area (Å²) >= 11 is 4.41. The summed E-state index contributed by atoms with van der Waals surface area (Å²) in [4.78, 5) is 4.66. The minimum atomic E-state index is -3.64. The Morgan fingerprint density at radius 2 is 2.22 bits per heavy atom. The quantitative estimate of drug-likeness (QED) is 0.887. The SMILES string of the molecule is O=S(=O)(Nc1ccc(Br)cn1)c1csc(CO)c1. The lowest BCUT2D eigenvalue weighted by Gasteiger charge is -2.05. The number of hydrogen-bond donors (Lipinski definition) is 2. The van der Waals surface area contributed by atoms with Gasteiger partial charge in [-0.25, -0.2) is 13.4 Å². The maximum atomic E-state index is 12.0. The molecule has 0 saturated heterocycles. The first-order valence-corrected chi connectivity index (χ1v) is 7.99. The number of sulfonamides is 1. The van der Waals surface area contributed by atoms with Crippen molar-refractivity contribution in [3.63, 3.8) is 0 Å². The molecule has 2 N–H and O–H groups in total. The smallest absolute Gasteiger partial charge is 0.263 e. The number of aliphatic hydroxyl groups excluding tert-OH is 1. The number of nitrogens with zero attached hydrogens (tertiary/aromatic N) is 1. The minimum absolute atomic E-state index is 0.126. The van der Waals surface area contributed by atoms with E-state index in [1.165, 1.54) is 29.0 Å². The molecule has 0 spiro atoms. The van der Waals surface area contributed by atoms with Crippen molar-refractivity contribution in [2.24, 2.45) is 0 Å². The van der Waals surface area contributed by atoms with E-state index in [1.54, 1.807) is 12.1 Å². The molecular weight excluding hydrogens is 340 g/mol. The van der Waals surface area contributed by atoms with Gasteiger partial charge in [0.25, 0.3) is 10.0 Å². The van der Waals surface area contributed by atoms with Gasteiger partial charge in [-0.1, -0.05) is 0 Å². The van der Waals surface area contributed by atoms with Gasteiger partial charge in [0.1, 0.15) is 5.82 Å². The number of halogens is 1. The van der Waals surface area contributed by atoms with Crippen LogP contribution in [0.2, 0.25) is 0 Å². The highest BCUT2D eigenvalue weighted by molar-refractivity contribution is 9.10. The van der Waals surface area contributed by atoms with Gasteiger partial charge in [-0.05, 0) is 34.1 Å². The monoisotopic (exact) mass is 348 g/mol.